The van der Waals surface area contributed by atoms with E-state index in [1.807, 2.05) is 39.0 Å². The quantitative estimate of drug-likeness (QED) is 0.431. The Morgan fingerprint density at radius 1 is 1.25 bits per heavy atom. The molecule has 132 valence electrons. The van der Waals surface area contributed by atoms with Gasteiger partial charge >= 0.3 is 0 Å². The van der Waals surface area contributed by atoms with Crippen molar-refractivity contribution in [1.82, 2.24) is 20.8 Å². The fourth-order valence-electron chi connectivity index (χ4n) is 2.02. The molecule has 0 saturated carbocycles. The van der Waals surface area contributed by atoms with Crippen LogP contribution < -0.4 is 10.6 Å². The minimum absolute atomic E-state index is 0. The molecule has 1 atom stereocenters. The van der Waals surface area contributed by atoms with Crippen molar-refractivity contribution in [3.8, 4) is 0 Å². The Hall–Kier alpha value is -1.64. The van der Waals surface area contributed by atoms with Gasteiger partial charge in [-0.2, -0.15) is 4.98 Å². The maximum Gasteiger partial charge on any atom is 0.232 e. The molecule has 2 rings (SSSR count). The average Bonchev–Trinajstić information content (AvgIpc) is 3.01. The lowest BCUT2D eigenvalue weighted by molar-refractivity contribution is 0.318. The minimum Gasteiger partial charge on any atom is -0.350 e. The molecule has 0 amide bonds. The lowest BCUT2D eigenvalue weighted by Gasteiger charge is -2.17. The molecule has 0 aliphatic rings. The predicted molar refractivity (Wildman–Crippen MR) is 107 cm³/mol. The van der Waals surface area contributed by atoms with Gasteiger partial charge in [-0.25, -0.2) is 0 Å². The number of rotatable bonds is 4. The molecule has 6 nitrogen and oxygen atoms in total. The van der Waals surface area contributed by atoms with Gasteiger partial charge in [-0.1, -0.05) is 56.3 Å². The molecule has 0 radical (unpaired) electrons. The molecule has 24 heavy (non-hydrogen) atoms. The molecule has 0 spiro atoms. The van der Waals surface area contributed by atoms with E-state index in [1.54, 1.807) is 7.05 Å². The average molecular weight is 443 g/mol. The Labute approximate surface area is 160 Å². The van der Waals surface area contributed by atoms with Crippen LogP contribution in [0.25, 0.3) is 0 Å². The summed E-state index contributed by atoms with van der Waals surface area (Å²) in [7, 11) is 1.74. The lowest BCUT2D eigenvalue weighted by Crippen LogP contribution is -2.38. The van der Waals surface area contributed by atoms with Gasteiger partial charge in [0.25, 0.3) is 0 Å². The molecule has 0 saturated heterocycles. The molecule has 1 unspecified atom stereocenters. The van der Waals surface area contributed by atoms with Crippen LogP contribution in [0.1, 0.15) is 51.0 Å². The topological polar surface area (TPSA) is 75.3 Å². The maximum absolute atomic E-state index is 5.28. The Bertz CT molecular complexity index is 649. The number of hydrogen-bond donors (Lipinski definition) is 2. The lowest BCUT2D eigenvalue weighted by atomic mass is 9.97. The van der Waals surface area contributed by atoms with E-state index in [9.17, 15) is 0 Å². The summed E-state index contributed by atoms with van der Waals surface area (Å²) < 4.78 is 5.28. The van der Waals surface area contributed by atoms with Gasteiger partial charge in [0.1, 0.15) is 0 Å². The zero-order valence-electron chi connectivity index (χ0n) is 14.8. The SMILES string of the molecule is CN=C(NCc1noc(C(C)(C)C)n1)NC(C)c1ccccc1.I. The van der Waals surface area contributed by atoms with E-state index in [0.717, 1.165) is 0 Å². The number of aliphatic imine (C=N–C) groups is 1. The van der Waals surface area contributed by atoms with E-state index in [4.69, 9.17) is 4.52 Å². The molecule has 0 fully saturated rings. The number of guanidine groups is 1. The van der Waals surface area contributed by atoms with Crippen LogP contribution in [0, 0.1) is 0 Å². The fraction of sp³-hybridized carbons (Fsp3) is 0.471. The number of benzene rings is 1. The van der Waals surface area contributed by atoms with Crippen molar-refractivity contribution in [3.63, 3.8) is 0 Å². The van der Waals surface area contributed by atoms with Crippen molar-refractivity contribution in [3.05, 3.63) is 47.6 Å². The van der Waals surface area contributed by atoms with E-state index >= 15 is 0 Å². The van der Waals surface area contributed by atoms with Crippen molar-refractivity contribution in [2.45, 2.75) is 45.7 Å². The van der Waals surface area contributed by atoms with Crippen LogP contribution in [0.4, 0.5) is 0 Å². The van der Waals surface area contributed by atoms with Crippen LogP contribution in [0.2, 0.25) is 0 Å². The molecule has 1 aromatic heterocycles. The van der Waals surface area contributed by atoms with E-state index in [2.05, 4.69) is 44.8 Å². The van der Waals surface area contributed by atoms with E-state index in [1.165, 1.54) is 5.56 Å². The summed E-state index contributed by atoms with van der Waals surface area (Å²) in [6, 6.07) is 10.4. The van der Waals surface area contributed by atoms with Crippen LogP contribution in [0.5, 0.6) is 0 Å². The zero-order chi connectivity index (χ0) is 16.9. The molecule has 1 aromatic carbocycles. The number of nitrogens with one attached hydrogen (secondary N) is 2. The van der Waals surface area contributed by atoms with Crippen molar-refractivity contribution in [2.24, 2.45) is 4.99 Å². The largest absolute Gasteiger partial charge is 0.350 e. The molecule has 0 bridgehead atoms. The summed E-state index contributed by atoms with van der Waals surface area (Å²) in [6.45, 7) is 8.67. The third-order valence-corrected chi connectivity index (χ3v) is 3.40. The number of aromatic nitrogens is 2. The second-order valence-electron chi connectivity index (χ2n) is 6.47. The number of halogens is 1. The second kappa shape index (κ2) is 9.00. The monoisotopic (exact) mass is 443 g/mol. The van der Waals surface area contributed by atoms with Gasteiger partial charge in [0.2, 0.25) is 5.89 Å². The molecule has 0 aliphatic carbocycles. The standard InChI is InChI=1S/C17H25N5O.HI/c1-12(13-9-7-6-8-10-13)20-16(18-5)19-11-14-21-15(23-22-14)17(2,3)4;/h6-10,12H,11H2,1-5H3,(H2,18,19,20);1H. The summed E-state index contributed by atoms with van der Waals surface area (Å²) in [5.41, 5.74) is 1.05. The number of hydrogen-bond acceptors (Lipinski definition) is 4. The first-order valence-corrected chi connectivity index (χ1v) is 7.75. The molecule has 2 aromatic rings. The van der Waals surface area contributed by atoms with E-state index < -0.39 is 0 Å². The van der Waals surface area contributed by atoms with Gasteiger partial charge in [-0.05, 0) is 12.5 Å². The summed E-state index contributed by atoms with van der Waals surface area (Å²) in [5, 5.41) is 10.5. The molecule has 1 heterocycles. The molecular weight excluding hydrogens is 417 g/mol. The van der Waals surface area contributed by atoms with Gasteiger partial charge in [-0.15, -0.1) is 24.0 Å². The zero-order valence-corrected chi connectivity index (χ0v) is 17.2. The Kier molecular flexibility index (Phi) is 7.65. The van der Waals surface area contributed by atoms with E-state index in [-0.39, 0.29) is 35.4 Å². The fourth-order valence-corrected chi connectivity index (χ4v) is 2.02. The summed E-state index contributed by atoms with van der Waals surface area (Å²) in [5.74, 6) is 1.95. The normalized spacial score (nSPS) is 13.1. The third kappa shape index (κ3) is 5.77. The van der Waals surface area contributed by atoms with Gasteiger partial charge < -0.3 is 15.2 Å². The highest BCUT2D eigenvalue weighted by Gasteiger charge is 2.21. The van der Waals surface area contributed by atoms with E-state index in [0.29, 0.717) is 24.2 Å². The number of nitrogens with zero attached hydrogens (tertiary/aromatic N) is 3. The highest BCUT2D eigenvalue weighted by atomic mass is 127. The van der Waals surface area contributed by atoms with Crippen LogP contribution in [-0.4, -0.2) is 23.1 Å². The first kappa shape index (κ1) is 20.4. The smallest absolute Gasteiger partial charge is 0.232 e. The summed E-state index contributed by atoms with van der Waals surface area (Å²) >= 11 is 0. The third-order valence-electron chi connectivity index (χ3n) is 3.40. The van der Waals surface area contributed by atoms with Gasteiger partial charge in [0.15, 0.2) is 11.8 Å². The summed E-state index contributed by atoms with van der Waals surface area (Å²) in [4.78, 5) is 8.63. The van der Waals surface area contributed by atoms with Crippen molar-refractivity contribution in [1.29, 1.82) is 0 Å². The molecule has 0 aliphatic heterocycles. The van der Waals surface area contributed by atoms with Gasteiger partial charge in [-0.3, -0.25) is 4.99 Å². The highest BCUT2D eigenvalue weighted by molar-refractivity contribution is 14.0. The first-order chi connectivity index (χ1) is 10.9. The minimum atomic E-state index is -0.146. The van der Waals surface area contributed by atoms with Gasteiger partial charge in [0, 0.05) is 12.5 Å². The van der Waals surface area contributed by atoms with Crippen molar-refractivity contribution < 1.29 is 4.52 Å². The van der Waals surface area contributed by atoms with Crippen molar-refractivity contribution in [2.75, 3.05) is 7.05 Å². The summed E-state index contributed by atoms with van der Waals surface area (Å²) in [6.07, 6.45) is 0. The van der Waals surface area contributed by atoms with Crippen LogP contribution in [-0.2, 0) is 12.0 Å². The highest BCUT2D eigenvalue weighted by Crippen LogP contribution is 2.19. The van der Waals surface area contributed by atoms with Crippen LogP contribution in [0.15, 0.2) is 39.8 Å². The Balaban J connectivity index is 0.00000288. The molecule has 7 heteroatoms. The van der Waals surface area contributed by atoms with Crippen LogP contribution >= 0.6 is 24.0 Å². The maximum atomic E-state index is 5.28. The Morgan fingerprint density at radius 2 is 1.92 bits per heavy atom. The molecular formula is C17H26IN5O. The predicted octanol–water partition coefficient (Wildman–Crippen LogP) is 3.41. The van der Waals surface area contributed by atoms with Crippen LogP contribution in [0.3, 0.4) is 0 Å². The first-order valence-electron chi connectivity index (χ1n) is 7.75. The molecule has 2 N–H and O–H groups in total. The Morgan fingerprint density at radius 3 is 2.46 bits per heavy atom. The van der Waals surface area contributed by atoms with Gasteiger partial charge in [0.05, 0.1) is 12.6 Å². The van der Waals surface area contributed by atoms with Crippen molar-refractivity contribution >= 4 is 29.9 Å². The second-order valence-corrected chi connectivity index (χ2v) is 6.47.